The minimum atomic E-state index is -0.838. The number of ether oxygens (including phenoxy) is 2. The minimum absolute atomic E-state index is 0.0588. The summed E-state index contributed by atoms with van der Waals surface area (Å²) in [5, 5.41) is 17.4. The molecule has 1 heterocycles. The lowest BCUT2D eigenvalue weighted by Gasteiger charge is -2.13. The highest BCUT2D eigenvalue weighted by Crippen LogP contribution is 2.19. The number of rotatable bonds is 8. The Morgan fingerprint density at radius 3 is 2.64 bits per heavy atom. The molecule has 0 aliphatic carbocycles. The Morgan fingerprint density at radius 2 is 1.94 bits per heavy atom. The number of benzene rings is 2. The van der Waals surface area contributed by atoms with Crippen LogP contribution in [0.15, 0.2) is 63.9 Å². The highest BCUT2D eigenvalue weighted by Gasteiger charge is 2.21. The molecule has 0 fully saturated rings. The molecule has 0 aliphatic rings. The average Bonchev–Trinajstić information content (AvgIpc) is 2.78. The Hall–Kier alpha value is -4.06. The number of nitro benzene ring substituents is 1. The zero-order valence-corrected chi connectivity index (χ0v) is 18.8. The number of aromatic nitrogens is 2. The fourth-order valence-electron chi connectivity index (χ4n) is 2.72. The van der Waals surface area contributed by atoms with E-state index in [1.807, 2.05) is 0 Å². The van der Waals surface area contributed by atoms with Crippen LogP contribution in [0.1, 0.15) is 17.4 Å². The van der Waals surface area contributed by atoms with Gasteiger partial charge in [0.05, 0.1) is 23.3 Å². The van der Waals surface area contributed by atoms with Crippen LogP contribution in [0.25, 0.3) is 5.69 Å². The molecule has 3 aromatic rings. The molecule has 0 aliphatic heterocycles. The molecule has 2 aromatic carbocycles. The number of amides is 1. The number of carbonyl (C=O) groups excluding carboxylic acids is 2. The van der Waals surface area contributed by atoms with Crippen LogP contribution in [0.3, 0.4) is 0 Å². The molecule has 1 N–H and O–H groups in total. The second-order valence-corrected chi connectivity index (χ2v) is 7.37. The standard InChI is InChI=1S/C21H17BrN4O7/c1-2-32-21(29)20-17(11-19(28)25(24-20)15-7-3-5-13(22)9-15)33-12-18(27)23-14-6-4-8-16(10-14)26(30)31/h3-11H,2,12H2,1H3,(H,23,27). The summed E-state index contributed by atoms with van der Waals surface area (Å²) in [6, 6.07) is 13.1. The van der Waals surface area contributed by atoms with Gasteiger partial charge in [0.2, 0.25) is 5.69 Å². The molecule has 12 heteroatoms. The zero-order chi connectivity index (χ0) is 24.0. The molecular weight excluding hydrogens is 500 g/mol. The van der Waals surface area contributed by atoms with Gasteiger partial charge in [0.25, 0.3) is 17.2 Å². The summed E-state index contributed by atoms with van der Waals surface area (Å²) in [4.78, 5) is 47.5. The van der Waals surface area contributed by atoms with E-state index in [0.717, 1.165) is 10.7 Å². The van der Waals surface area contributed by atoms with Crippen molar-refractivity contribution in [1.29, 1.82) is 0 Å². The molecule has 0 atom stereocenters. The van der Waals surface area contributed by atoms with Gasteiger partial charge in [-0.25, -0.2) is 4.79 Å². The van der Waals surface area contributed by atoms with Gasteiger partial charge in [0.15, 0.2) is 12.4 Å². The smallest absolute Gasteiger partial charge is 0.362 e. The van der Waals surface area contributed by atoms with E-state index in [1.165, 1.54) is 24.3 Å². The van der Waals surface area contributed by atoms with Gasteiger partial charge in [-0.3, -0.25) is 19.7 Å². The number of anilines is 1. The van der Waals surface area contributed by atoms with Crippen molar-refractivity contribution in [2.45, 2.75) is 6.92 Å². The van der Waals surface area contributed by atoms with Crippen molar-refractivity contribution in [3.63, 3.8) is 0 Å². The Morgan fingerprint density at radius 1 is 1.18 bits per heavy atom. The Balaban J connectivity index is 1.84. The normalized spacial score (nSPS) is 10.4. The van der Waals surface area contributed by atoms with Crippen molar-refractivity contribution in [1.82, 2.24) is 9.78 Å². The lowest BCUT2D eigenvalue weighted by molar-refractivity contribution is -0.384. The van der Waals surface area contributed by atoms with Gasteiger partial charge in [-0.05, 0) is 31.2 Å². The molecule has 3 rings (SSSR count). The number of nitro groups is 1. The molecule has 0 radical (unpaired) electrons. The highest BCUT2D eigenvalue weighted by molar-refractivity contribution is 9.10. The van der Waals surface area contributed by atoms with Crippen molar-refractivity contribution in [3.05, 3.63) is 85.2 Å². The Bertz CT molecular complexity index is 1280. The largest absolute Gasteiger partial charge is 0.481 e. The van der Waals surface area contributed by atoms with Crippen molar-refractivity contribution in [2.75, 3.05) is 18.5 Å². The minimum Gasteiger partial charge on any atom is -0.481 e. The van der Waals surface area contributed by atoms with E-state index in [9.17, 15) is 24.5 Å². The SMILES string of the molecule is CCOC(=O)c1nn(-c2cccc(Br)c2)c(=O)cc1OCC(=O)Nc1cccc([N+](=O)[O-])c1. The summed E-state index contributed by atoms with van der Waals surface area (Å²) in [5.41, 5.74) is -0.505. The van der Waals surface area contributed by atoms with E-state index in [4.69, 9.17) is 9.47 Å². The number of carbonyl (C=O) groups is 2. The highest BCUT2D eigenvalue weighted by atomic mass is 79.9. The topological polar surface area (TPSA) is 143 Å². The monoisotopic (exact) mass is 516 g/mol. The third-order valence-electron chi connectivity index (χ3n) is 4.12. The van der Waals surface area contributed by atoms with Crippen LogP contribution in [-0.4, -0.2) is 39.8 Å². The Labute approximate surface area is 195 Å². The van der Waals surface area contributed by atoms with E-state index in [-0.39, 0.29) is 29.4 Å². The number of nitrogens with one attached hydrogen (secondary N) is 1. The molecule has 0 saturated carbocycles. The van der Waals surface area contributed by atoms with Gasteiger partial charge in [-0.15, -0.1) is 0 Å². The number of halogens is 1. The van der Waals surface area contributed by atoms with Crippen LogP contribution >= 0.6 is 15.9 Å². The van der Waals surface area contributed by atoms with Crippen molar-refractivity contribution >= 4 is 39.2 Å². The third kappa shape index (κ3) is 6.01. The maximum absolute atomic E-state index is 12.6. The lowest BCUT2D eigenvalue weighted by atomic mass is 10.3. The quantitative estimate of drug-likeness (QED) is 0.273. The van der Waals surface area contributed by atoms with E-state index in [0.29, 0.717) is 10.2 Å². The fraction of sp³-hybridized carbons (Fsp3) is 0.143. The summed E-state index contributed by atoms with van der Waals surface area (Å²) in [7, 11) is 0. The average molecular weight is 517 g/mol. The van der Waals surface area contributed by atoms with Gasteiger partial charge in [-0.2, -0.15) is 9.78 Å². The molecule has 170 valence electrons. The number of esters is 1. The third-order valence-corrected chi connectivity index (χ3v) is 4.61. The van der Waals surface area contributed by atoms with Crippen LogP contribution in [-0.2, 0) is 9.53 Å². The predicted octanol–water partition coefficient (Wildman–Crippen LogP) is 3.10. The molecule has 1 aromatic heterocycles. The Kier molecular flexibility index (Phi) is 7.51. The van der Waals surface area contributed by atoms with E-state index in [1.54, 1.807) is 31.2 Å². The van der Waals surface area contributed by atoms with Crippen molar-refractivity contribution in [2.24, 2.45) is 0 Å². The van der Waals surface area contributed by atoms with Gasteiger partial charge in [-0.1, -0.05) is 28.1 Å². The van der Waals surface area contributed by atoms with Gasteiger partial charge >= 0.3 is 5.97 Å². The summed E-state index contributed by atoms with van der Waals surface area (Å²) in [6.45, 7) is 1.08. The second-order valence-electron chi connectivity index (χ2n) is 6.45. The zero-order valence-electron chi connectivity index (χ0n) is 17.2. The van der Waals surface area contributed by atoms with E-state index < -0.39 is 29.0 Å². The van der Waals surface area contributed by atoms with Crippen LogP contribution in [0, 0.1) is 10.1 Å². The van der Waals surface area contributed by atoms with Gasteiger partial charge in [0.1, 0.15) is 0 Å². The molecule has 11 nitrogen and oxygen atoms in total. The second kappa shape index (κ2) is 10.5. The molecule has 0 bridgehead atoms. The van der Waals surface area contributed by atoms with E-state index in [2.05, 4.69) is 26.3 Å². The van der Waals surface area contributed by atoms with Crippen LogP contribution in [0.4, 0.5) is 11.4 Å². The first-order valence-electron chi connectivity index (χ1n) is 9.53. The summed E-state index contributed by atoms with van der Waals surface area (Å²) >= 11 is 3.31. The van der Waals surface area contributed by atoms with E-state index >= 15 is 0 Å². The lowest BCUT2D eigenvalue weighted by Crippen LogP contribution is -2.27. The number of nitrogens with zero attached hydrogens (tertiary/aromatic N) is 3. The molecule has 1 amide bonds. The van der Waals surface area contributed by atoms with Crippen molar-refractivity contribution < 1.29 is 24.0 Å². The number of hydrogen-bond acceptors (Lipinski definition) is 8. The molecular formula is C21H17BrN4O7. The van der Waals surface area contributed by atoms with Gasteiger partial charge < -0.3 is 14.8 Å². The summed E-state index contributed by atoms with van der Waals surface area (Å²) < 4.78 is 12.1. The van der Waals surface area contributed by atoms with Crippen LogP contribution < -0.4 is 15.6 Å². The number of non-ortho nitro benzene ring substituents is 1. The van der Waals surface area contributed by atoms with Crippen LogP contribution in [0.2, 0.25) is 0 Å². The predicted molar refractivity (Wildman–Crippen MR) is 121 cm³/mol. The molecule has 0 saturated heterocycles. The first-order valence-corrected chi connectivity index (χ1v) is 10.3. The maximum Gasteiger partial charge on any atom is 0.362 e. The number of hydrogen-bond donors (Lipinski definition) is 1. The fourth-order valence-corrected chi connectivity index (χ4v) is 3.11. The first kappa shape index (κ1) is 23.6. The molecule has 0 unspecified atom stereocenters. The summed E-state index contributed by atoms with van der Waals surface area (Å²) in [6.07, 6.45) is 0. The summed E-state index contributed by atoms with van der Waals surface area (Å²) in [5.74, 6) is -1.74. The maximum atomic E-state index is 12.6. The van der Waals surface area contributed by atoms with Crippen molar-refractivity contribution in [3.8, 4) is 11.4 Å². The van der Waals surface area contributed by atoms with Crippen LogP contribution in [0.5, 0.6) is 5.75 Å². The molecule has 33 heavy (non-hydrogen) atoms. The van der Waals surface area contributed by atoms with Gasteiger partial charge in [0, 0.05) is 22.3 Å². The molecule has 0 spiro atoms. The first-order chi connectivity index (χ1) is 15.8.